The lowest BCUT2D eigenvalue weighted by molar-refractivity contribution is -0.348. The van der Waals surface area contributed by atoms with Crippen LogP contribution in [-0.4, -0.2) is 239 Å². The quantitative estimate of drug-likeness (QED) is 0.0299. The lowest BCUT2D eigenvalue weighted by atomic mass is 9.88. The number of carbonyl (C=O) groups excluding carboxylic acids is 2. The lowest BCUT2D eigenvalue weighted by Gasteiger charge is -2.47. The van der Waals surface area contributed by atoms with Crippen LogP contribution in [0.3, 0.4) is 0 Å². The highest BCUT2D eigenvalue weighted by Gasteiger charge is 2.57. The minimum absolute atomic E-state index is 0.238. The Morgan fingerprint density at radius 2 is 1.53 bits per heavy atom. The van der Waals surface area contributed by atoms with Gasteiger partial charge in [0, 0.05) is 33.4 Å². The summed E-state index contributed by atoms with van der Waals surface area (Å²) in [5.74, 6) is -6.35. The smallest absolute Gasteiger partial charge is 0.472 e. The number of phosphoric ester groups is 1. The normalized spacial score (nSPS) is 32.5. The molecule has 0 aliphatic carbocycles. The van der Waals surface area contributed by atoms with E-state index in [9.17, 15) is 85.1 Å². The first-order valence-corrected chi connectivity index (χ1v) is 19.2. The molecule has 2 saturated heterocycles. The summed E-state index contributed by atoms with van der Waals surface area (Å²) in [6.45, 7) is -3.76. The van der Waals surface area contributed by atoms with Crippen molar-refractivity contribution in [2.24, 2.45) is 0 Å². The van der Waals surface area contributed by atoms with E-state index in [1.54, 1.807) is 0 Å². The summed E-state index contributed by atoms with van der Waals surface area (Å²) < 4.78 is 43.2. The highest BCUT2D eigenvalue weighted by atomic mass is 31.2. The number of carboxylic acid groups (broad SMARTS) is 1. The highest BCUT2D eigenvalue weighted by Crippen LogP contribution is 2.43. The number of carboxylic acids is 1. The van der Waals surface area contributed by atoms with E-state index in [2.05, 4.69) is 20.5 Å². The van der Waals surface area contributed by atoms with Crippen molar-refractivity contribution in [1.29, 1.82) is 0 Å². The first kappa shape index (κ1) is 52.0. The van der Waals surface area contributed by atoms with Gasteiger partial charge in [-0.05, 0) is 0 Å². The molecule has 2 rings (SSSR count). The van der Waals surface area contributed by atoms with E-state index in [1.165, 1.54) is 0 Å². The van der Waals surface area contributed by atoms with Gasteiger partial charge in [0.1, 0.15) is 67.1 Å². The average molecular weight is 874 g/mol. The Bertz CT molecular complexity index is 1340. The van der Waals surface area contributed by atoms with Crippen molar-refractivity contribution in [3.05, 3.63) is 0 Å². The first-order valence-electron chi connectivity index (χ1n) is 17.7. The number of rotatable bonds is 25. The summed E-state index contributed by atoms with van der Waals surface area (Å²) in [4.78, 5) is 46.0. The molecule has 0 radical (unpaired) electrons. The van der Waals surface area contributed by atoms with Crippen LogP contribution in [0, 0.1) is 0 Å². The third-order valence-corrected chi connectivity index (χ3v) is 9.85. The SMILES string of the molecule is CC(=O)N[C@H]1[C@H]([C@H](O)[C@H](O)CO)O[C@@](OC[C@H]2O[C@@H](O[C@@H]([C@H](O)[C@H](CNCCOP(=O)(O)OCC(O)CO)NC(C)=O)[C@H](O)CO)[C@H](O)[C@@H](O)[C@H]2O)(C(=O)O)C[C@@H]1O. The van der Waals surface area contributed by atoms with Gasteiger partial charge in [-0.2, -0.15) is 0 Å². The molecule has 28 heteroatoms. The van der Waals surface area contributed by atoms with E-state index in [1.807, 2.05) is 0 Å². The molecule has 2 aliphatic rings. The minimum Gasteiger partial charge on any atom is -0.477 e. The van der Waals surface area contributed by atoms with Gasteiger partial charge >= 0.3 is 13.8 Å². The number of aliphatic hydroxyl groups is 12. The summed E-state index contributed by atoms with van der Waals surface area (Å²) in [6, 6.07) is -2.95. The van der Waals surface area contributed by atoms with Gasteiger partial charge in [0.05, 0.1) is 57.8 Å². The molecule has 2 aliphatic heterocycles. The second-order valence-electron chi connectivity index (χ2n) is 13.5. The van der Waals surface area contributed by atoms with Crippen LogP contribution in [0.5, 0.6) is 0 Å². The van der Waals surface area contributed by atoms with Crippen molar-refractivity contribution in [3.63, 3.8) is 0 Å². The molecular weight excluding hydrogens is 817 g/mol. The molecule has 2 unspecified atom stereocenters. The van der Waals surface area contributed by atoms with Gasteiger partial charge in [0.15, 0.2) is 6.29 Å². The molecule has 340 valence electrons. The molecule has 0 aromatic carbocycles. The molecule has 2 heterocycles. The maximum atomic E-state index is 12.6. The lowest BCUT2D eigenvalue weighted by Crippen LogP contribution is -2.68. The number of carbonyl (C=O) groups is 3. The summed E-state index contributed by atoms with van der Waals surface area (Å²) in [6.07, 6.45) is -26.6. The predicted octanol–water partition coefficient (Wildman–Crippen LogP) is -9.36. The number of ether oxygens (including phenoxy) is 4. The van der Waals surface area contributed by atoms with Crippen molar-refractivity contribution < 1.29 is 118 Å². The van der Waals surface area contributed by atoms with Gasteiger partial charge in [0.25, 0.3) is 5.79 Å². The summed E-state index contributed by atoms with van der Waals surface area (Å²) >= 11 is 0. The molecule has 0 spiro atoms. The van der Waals surface area contributed by atoms with Crippen molar-refractivity contribution in [2.75, 3.05) is 52.7 Å². The number of aliphatic carboxylic acids is 1. The molecule has 17 N–H and O–H groups in total. The standard InChI is InChI=1S/C30H56N3O24P/c1-12(37)32-15(6-31-3-4-53-58(50,51)54-10-14(39)7-34)21(43)26(18(42)9-36)56-28-25(47)24(46)23(45)19(55-28)11-52-30(29(48)49)5-16(40)20(33-13(2)38)27(57-30)22(44)17(41)8-35/h14-28,31,34-36,39-47H,3-11H2,1-2H3,(H,32,37)(H,33,38)(H,48,49)(H,50,51)/t14?,15-,16-,17+,18+,19+,20+,21+,22+,23-,24-,25+,26+,27+,28-,30+/m0/s1. The van der Waals surface area contributed by atoms with Gasteiger partial charge in [0.2, 0.25) is 11.8 Å². The highest BCUT2D eigenvalue weighted by molar-refractivity contribution is 7.47. The van der Waals surface area contributed by atoms with Gasteiger partial charge in [-0.15, -0.1) is 0 Å². The van der Waals surface area contributed by atoms with Crippen LogP contribution in [0.4, 0.5) is 0 Å². The Labute approximate surface area is 330 Å². The van der Waals surface area contributed by atoms with Crippen LogP contribution in [-0.2, 0) is 46.9 Å². The molecule has 0 bridgehead atoms. The maximum absolute atomic E-state index is 12.6. The second kappa shape index (κ2) is 23.7. The Kier molecular flexibility index (Phi) is 21.3. The molecule has 0 saturated carbocycles. The summed E-state index contributed by atoms with van der Waals surface area (Å²) in [5.41, 5.74) is 0. The fourth-order valence-corrected chi connectivity index (χ4v) is 6.58. The molecule has 2 fully saturated rings. The monoisotopic (exact) mass is 873 g/mol. The Balaban J connectivity index is 2.25. The number of nitrogens with one attached hydrogen (secondary N) is 3. The second-order valence-corrected chi connectivity index (χ2v) is 14.9. The Hall–Kier alpha value is -2.16. The predicted molar refractivity (Wildman–Crippen MR) is 184 cm³/mol. The van der Waals surface area contributed by atoms with Gasteiger partial charge in [-0.3, -0.25) is 18.6 Å². The molecule has 17 atom stereocenters. The van der Waals surface area contributed by atoms with Crippen molar-refractivity contribution >= 4 is 25.6 Å². The van der Waals surface area contributed by atoms with Crippen LogP contribution in [0.2, 0.25) is 0 Å². The molecule has 0 aromatic heterocycles. The van der Waals surface area contributed by atoms with Gasteiger partial charge < -0.3 is 106 Å². The Morgan fingerprint density at radius 1 is 0.897 bits per heavy atom. The Morgan fingerprint density at radius 3 is 2.09 bits per heavy atom. The average Bonchev–Trinajstić information content (AvgIpc) is 3.17. The number of phosphoric acid groups is 1. The van der Waals surface area contributed by atoms with Crippen LogP contribution in [0.15, 0.2) is 0 Å². The zero-order chi connectivity index (χ0) is 44.1. The number of amides is 2. The van der Waals surface area contributed by atoms with Crippen molar-refractivity contribution in [2.45, 2.75) is 118 Å². The zero-order valence-electron chi connectivity index (χ0n) is 31.3. The maximum Gasteiger partial charge on any atom is 0.472 e. The molecule has 27 nitrogen and oxygen atoms in total. The molecule has 58 heavy (non-hydrogen) atoms. The topological polar surface area (TPSA) is 443 Å². The summed E-state index contributed by atoms with van der Waals surface area (Å²) in [5, 5.41) is 140. The van der Waals surface area contributed by atoms with E-state index in [0.717, 1.165) is 13.8 Å². The molecular formula is C30H56N3O24P. The van der Waals surface area contributed by atoms with Crippen LogP contribution >= 0.6 is 7.82 Å². The number of aliphatic hydroxyl groups excluding tert-OH is 12. The van der Waals surface area contributed by atoms with E-state index in [-0.39, 0.29) is 13.1 Å². The third kappa shape index (κ3) is 14.8. The van der Waals surface area contributed by atoms with Crippen molar-refractivity contribution in [3.8, 4) is 0 Å². The largest absolute Gasteiger partial charge is 0.477 e. The van der Waals surface area contributed by atoms with Crippen molar-refractivity contribution in [1.82, 2.24) is 16.0 Å². The van der Waals surface area contributed by atoms with Gasteiger partial charge in [-0.25, -0.2) is 9.36 Å². The van der Waals surface area contributed by atoms with E-state index >= 15 is 0 Å². The number of hydrogen-bond acceptors (Lipinski definition) is 23. The van der Waals surface area contributed by atoms with E-state index in [4.69, 9.17) is 28.6 Å². The summed E-state index contributed by atoms with van der Waals surface area (Å²) in [7, 11) is -4.67. The fourth-order valence-electron chi connectivity index (χ4n) is 5.83. The van der Waals surface area contributed by atoms with Gasteiger partial charge in [-0.1, -0.05) is 0 Å². The van der Waals surface area contributed by atoms with E-state index < -0.39 is 169 Å². The first-order chi connectivity index (χ1) is 27.0. The number of hydrogen-bond donors (Lipinski definition) is 17. The van der Waals surface area contributed by atoms with E-state index in [0.29, 0.717) is 0 Å². The zero-order valence-corrected chi connectivity index (χ0v) is 32.2. The minimum atomic E-state index is -4.67. The van der Waals surface area contributed by atoms with Crippen LogP contribution in [0.1, 0.15) is 20.3 Å². The van der Waals surface area contributed by atoms with Crippen LogP contribution in [0.25, 0.3) is 0 Å². The fraction of sp³-hybridized carbons (Fsp3) is 0.900. The molecule has 0 aromatic rings. The molecule has 2 amide bonds. The third-order valence-electron chi connectivity index (χ3n) is 8.87. The van der Waals surface area contributed by atoms with Crippen LogP contribution < -0.4 is 16.0 Å².